The fourth-order valence-corrected chi connectivity index (χ4v) is 8.14. The Balaban J connectivity index is 0.000000169. The predicted molar refractivity (Wildman–Crippen MR) is 239 cm³/mol. The van der Waals surface area contributed by atoms with Crippen LogP contribution in [0.2, 0.25) is 0 Å². The average Bonchev–Trinajstić information content (AvgIpc) is 4.20. The van der Waals surface area contributed by atoms with Crippen LogP contribution in [-0.4, -0.2) is 116 Å². The molecular formula is C46H49N15O6. The molecule has 1 amide bonds. The van der Waals surface area contributed by atoms with Crippen molar-refractivity contribution in [1.82, 2.24) is 74.7 Å². The Hall–Kier alpha value is -7.78. The van der Waals surface area contributed by atoms with Crippen molar-refractivity contribution in [1.29, 1.82) is 0 Å². The van der Waals surface area contributed by atoms with Crippen LogP contribution in [0.1, 0.15) is 76.0 Å². The maximum Gasteiger partial charge on any atom is 0.255 e. The molecule has 344 valence electrons. The lowest BCUT2D eigenvalue weighted by Crippen LogP contribution is -2.33. The number of pyridine rings is 1. The summed E-state index contributed by atoms with van der Waals surface area (Å²) in [6.07, 6.45) is 14.2. The molecule has 0 saturated heterocycles. The first kappa shape index (κ1) is 44.4. The SMILES string of the molecule is Cc1nc(C(Cc2cccnc2)NCCN(C)Cc2ccc3c(c2)OCO3)nc(-n2cncn2)n1.Cc1nc(C2C(=O)CCC2CCNC(=O)c2ccc3c(c2)OCO3)nc(-n2ccnc2)n1. The lowest BCUT2D eigenvalue weighted by molar-refractivity contribution is -0.119. The molecule has 3 atom stereocenters. The van der Waals surface area contributed by atoms with Crippen LogP contribution in [0.15, 0.2) is 92.3 Å². The van der Waals surface area contributed by atoms with E-state index in [1.807, 2.05) is 31.3 Å². The van der Waals surface area contributed by atoms with Gasteiger partial charge in [0.25, 0.3) is 11.9 Å². The van der Waals surface area contributed by atoms with E-state index in [0.29, 0.717) is 78.1 Å². The summed E-state index contributed by atoms with van der Waals surface area (Å²) in [5, 5.41) is 10.7. The fourth-order valence-electron chi connectivity index (χ4n) is 8.14. The van der Waals surface area contributed by atoms with Gasteiger partial charge in [0, 0.05) is 63.0 Å². The molecule has 7 heterocycles. The van der Waals surface area contributed by atoms with E-state index in [2.05, 4.69) is 84.7 Å². The fraction of sp³-hybridized carbons (Fsp3) is 0.348. The molecule has 0 spiro atoms. The van der Waals surface area contributed by atoms with Crippen LogP contribution in [0, 0.1) is 19.8 Å². The Morgan fingerprint density at radius 2 is 1.61 bits per heavy atom. The molecule has 21 heteroatoms. The van der Waals surface area contributed by atoms with Crippen molar-refractivity contribution in [2.45, 2.75) is 58.0 Å². The topological polar surface area (TPSA) is 237 Å². The Morgan fingerprint density at radius 3 is 2.39 bits per heavy atom. The number of nitrogens with one attached hydrogen (secondary N) is 2. The largest absolute Gasteiger partial charge is 0.454 e. The summed E-state index contributed by atoms with van der Waals surface area (Å²) in [4.78, 5) is 66.9. The number of fused-ring (bicyclic) bond motifs is 2. The summed E-state index contributed by atoms with van der Waals surface area (Å²) in [6, 6.07) is 15.0. The van der Waals surface area contributed by atoms with Gasteiger partial charge < -0.3 is 34.5 Å². The van der Waals surface area contributed by atoms with Crippen LogP contribution in [0.5, 0.6) is 23.0 Å². The van der Waals surface area contributed by atoms with E-state index in [1.165, 1.54) is 11.9 Å². The zero-order valence-electron chi connectivity index (χ0n) is 37.2. The smallest absolute Gasteiger partial charge is 0.255 e. The van der Waals surface area contributed by atoms with Gasteiger partial charge >= 0.3 is 0 Å². The second-order valence-corrected chi connectivity index (χ2v) is 16.2. The Kier molecular flexibility index (Phi) is 13.7. The number of Topliss-reactive ketones (excluding diaryl/α,β-unsaturated/α-hetero) is 1. The molecule has 1 aliphatic carbocycles. The minimum Gasteiger partial charge on any atom is -0.454 e. The van der Waals surface area contributed by atoms with E-state index in [9.17, 15) is 9.59 Å². The molecule has 2 aromatic carbocycles. The number of imidazole rings is 1. The molecule has 3 unspecified atom stereocenters. The molecule has 67 heavy (non-hydrogen) atoms. The Morgan fingerprint density at radius 1 is 0.821 bits per heavy atom. The van der Waals surface area contributed by atoms with Crippen molar-refractivity contribution in [3.63, 3.8) is 0 Å². The van der Waals surface area contributed by atoms with Crippen molar-refractivity contribution in [2.24, 2.45) is 5.92 Å². The first-order valence-electron chi connectivity index (χ1n) is 21.9. The van der Waals surface area contributed by atoms with Crippen molar-refractivity contribution >= 4 is 11.7 Å². The highest BCUT2D eigenvalue weighted by Crippen LogP contribution is 2.38. The van der Waals surface area contributed by atoms with Crippen LogP contribution in [0.3, 0.4) is 0 Å². The molecule has 1 saturated carbocycles. The van der Waals surface area contributed by atoms with E-state index >= 15 is 0 Å². The number of benzene rings is 2. The van der Waals surface area contributed by atoms with E-state index in [-0.39, 0.29) is 37.2 Å². The molecule has 0 radical (unpaired) electrons. The Labute approximate surface area is 385 Å². The number of aryl methyl sites for hydroxylation is 2. The number of hydrogen-bond acceptors (Lipinski definition) is 18. The van der Waals surface area contributed by atoms with Crippen LogP contribution in [-0.2, 0) is 17.8 Å². The van der Waals surface area contributed by atoms with Gasteiger partial charge in [0.2, 0.25) is 19.5 Å². The maximum absolute atomic E-state index is 12.7. The van der Waals surface area contributed by atoms with Crippen molar-refractivity contribution in [2.75, 3.05) is 40.3 Å². The zero-order valence-corrected chi connectivity index (χ0v) is 37.2. The van der Waals surface area contributed by atoms with Gasteiger partial charge in [-0.3, -0.25) is 19.1 Å². The number of ketones is 1. The highest BCUT2D eigenvalue weighted by Gasteiger charge is 2.38. The third-order valence-electron chi connectivity index (χ3n) is 11.4. The van der Waals surface area contributed by atoms with Gasteiger partial charge in [-0.25, -0.2) is 19.9 Å². The molecule has 3 aliphatic rings. The highest BCUT2D eigenvalue weighted by molar-refractivity contribution is 5.95. The molecule has 21 nitrogen and oxygen atoms in total. The number of amides is 1. The number of rotatable bonds is 16. The van der Waals surface area contributed by atoms with Gasteiger partial charge in [-0.2, -0.15) is 29.7 Å². The van der Waals surface area contributed by atoms with Crippen molar-refractivity contribution < 1.29 is 28.5 Å². The predicted octanol–water partition coefficient (Wildman–Crippen LogP) is 3.87. The van der Waals surface area contributed by atoms with E-state index in [0.717, 1.165) is 43.1 Å². The number of aromatic nitrogens is 12. The van der Waals surface area contributed by atoms with Crippen LogP contribution in [0.4, 0.5) is 0 Å². The monoisotopic (exact) mass is 907 g/mol. The van der Waals surface area contributed by atoms with Crippen LogP contribution < -0.4 is 29.6 Å². The van der Waals surface area contributed by atoms with Gasteiger partial charge in [-0.05, 0) is 93.6 Å². The van der Waals surface area contributed by atoms with Gasteiger partial charge in [-0.1, -0.05) is 12.1 Å². The summed E-state index contributed by atoms with van der Waals surface area (Å²) < 4.78 is 24.7. The van der Waals surface area contributed by atoms with E-state index in [1.54, 1.807) is 65.6 Å². The standard InChI is InChI=1S/C24H27N9O2.C22H22N6O4/c1-17-29-23(31-24(30-17)33-15-26-14-28-33)20(10-18-4-3-7-25-12-18)27-8-9-32(2)13-19-5-6-21-22(11-19)35-16-34-21;1-13-25-20(27-22(26-13)28-9-8-23-11-28)19-14(2-4-16(19)29)6-7-24-21(30)15-3-5-17-18(10-15)32-12-31-17/h3-7,11-12,14-15,20,27H,8-10,13,16H2,1-2H3;3,5,8-11,14,19H,2,4,6-7,12H2,1H3,(H,24,30). The number of carbonyl (C=O) groups excluding carboxylic acids is 2. The third-order valence-corrected chi connectivity index (χ3v) is 11.4. The number of ether oxygens (including phenoxy) is 4. The molecule has 2 aliphatic heterocycles. The van der Waals surface area contributed by atoms with E-state index < -0.39 is 5.92 Å². The number of hydrogen-bond donors (Lipinski definition) is 2. The van der Waals surface area contributed by atoms with E-state index in [4.69, 9.17) is 18.9 Å². The number of nitrogens with zero attached hydrogens (tertiary/aromatic N) is 13. The van der Waals surface area contributed by atoms with Crippen molar-refractivity contribution in [3.8, 4) is 34.9 Å². The Bertz CT molecular complexity index is 2800. The van der Waals surface area contributed by atoms with Gasteiger partial charge in [-0.15, -0.1) is 0 Å². The number of carbonyl (C=O) groups is 2. The summed E-state index contributed by atoms with van der Waals surface area (Å²) in [5.41, 5.74) is 2.78. The third kappa shape index (κ3) is 11.0. The molecule has 2 N–H and O–H groups in total. The van der Waals surface area contributed by atoms with Gasteiger partial charge in [0.1, 0.15) is 42.2 Å². The van der Waals surface area contributed by atoms with Gasteiger partial charge in [0.05, 0.1) is 12.0 Å². The normalized spacial score (nSPS) is 16.2. The van der Waals surface area contributed by atoms with Crippen LogP contribution in [0.25, 0.3) is 11.9 Å². The quantitative estimate of drug-likeness (QED) is 0.140. The van der Waals surface area contributed by atoms with Gasteiger partial charge in [0.15, 0.2) is 28.8 Å². The summed E-state index contributed by atoms with van der Waals surface area (Å²) in [7, 11) is 2.10. The second kappa shape index (κ2) is 20.6. The van der Waals surface area contributed by atoms with Crippen molar-refractivity contribution in [3.05, 3.63) is 132 Å². The molecule has 1 fully saturated rings. The molecule has 0 bridgehead atoms. The lowest BCUT2D eigenvalue weighted by Gasteiger charge is -2.21. The summed E-state index contributed by atoms with van der Waals surface area (Å²) >= 11 is 0. The minimum atomic E-state index is -0.401. The molecule has 5 aromatic heterocycles. The first-order valence-corrected chi connectivity index (χ1v) is 21.9. The molecule has 10 rings (SSSR count). The second-order valence-electron chi connectivity index (χ2n) is 16.2. The summed E-state index contributed by atoms with van der Waals surface area (Å²) in [6.45, 7) is 6.90. The summed E-state index contributed by atoms with van der Waals surface area (Å²) in [5.74, 6) is 5.60. The first-order chi connectivity index (χ1) is 32.7. The molecular weight excluding hydrogens is 859 g/mol. The number of likely N-dealkylation sites (N-methyl/N-ethyl adjacent to an activating group) is 1. The lowest BCUT2D eigenvalue weighted by atomic mass is 9.91. The maximum atomic E-state index is 12.7. The molecule has 7 aromatic rings. The minimum absolute atomic E-state index is 0.0528. The van der Waals surface area contributed by atoms with Crippen LogP contribution >= 0.6 is 0 Å². The zero-order chi connectivity index (χ0) is 46.1. The highest BCUT2D eigenvalue weighted by atomic mass is 16.7. The average molecular weight is 908 g/mol.